The molecular formula is C25H23F3N4O2S2. The van der Waals surface area contributed by atoms with Crippen molar-refractivity contribution in [3.05, 3.63) is 63.3 Å². The molecule has 0 radical (unpaired) electrons. The number of benzene rings is 1. The van der Waals surface area contributed by atoms with E-state index in [-0.39, 0.29) is 22.4 Å². The molecule has 6 nitrogen and oxygen atoms in total. The van der Waals surface area contributed by atoms with E-state index in [0.29, 0.717) is 41.2 Å². The van der Waals surface area contributed by atoms with Crippen molar-refractivity contribution in [2.75, 3.05) is 16.4 Å². The van der Waals surface area contributed by atoms with Crippen LogP contribution in [0.1, 0.15) is 57.0 Å². The summed E-state index contributed by atoms with van der Waals surface area (Å²) in [6.45, 7) is 0. The Bertz CT molecular complexity index is 1310. The molecule has 0 fully saturated rings. The summed E-state index contributed by atoms with van der Waals surface area (Å²) in [5, 5.41) is 6.12. The van der Waals surface area contributed by atoms with Crippen LogP contribution in [0.25, 0.3) is 0 Å². The van der Waals surface area contributed by atoms with Crippen LogP contribution in [0.5, 0.6) is 0 Å². The monoisotopic (exact) mass is 532 g/mol. The summed E-state index contributed by atoms with van der Waals surface area (Å²) in [6, 6.07) is 9.08. The molecule has 0 bridgehead atoms. The number of para-hydroxylation sites is 1. The van der Waals surface area contributed by atoms with Gasteiger partial charge in [-0.05, 0) is 62.6 Å². The zero-order valence-corrected chi connectivity index (χ0v) is 20.8. The molecule has 2 amide bonds. The minimum atomic E-state index is -4.56. The van der Waals surface area contributed by atoms with E-state index in [4.69, 9.17) is 0 Å². The van der Waals surface area contributed by atoms with Crippen molar-refractivity contribution < 1.29 is 22.8 Å². The first-order valence-electron chi connectivity index (χ1n) is 11.7. The van der Waals surface area contributed by atoms with Gasteiger partial charge >= 0.3 is 6.18 Å². The highest BCUT2D eigenvalue weighted by molar-refractivity contribution is 7.99. The molecular weight excluding hydrogens is 509 g/mol. The Morgan fingerprint density at radius 3 is 2.47 bits per heavy atom. The fourth-order valence-corrected chi connectivity index (χ4v) is 6.58. The Balaban J connectivity index is 1.33. The third kappa shape index (κ3) is 5.27. The summed E-state index contributed by atoms with van der Waals surface area (Å²) >= 11 is 2.26. The van der Waals surface area contributed by atoms with Crippen molar-refractivity contribution in [3.8, 4) is 0 Å². The molecule has 2 aliphatic carbocycles. The van der Waals surface area contributed by atoms with E-state index >= 15 is 0 Å². The molecule has 2 heterocycles. The SMILES string of the molecule is O=C(CSc1nc2c(c(C(F)(F)F)n1)CCC2)Nc1sc2c(c1C(=O)Nc1ccccc1)CCCC2. The Labute approximate surface area is 214 Å². The van der Waals surface area contributed by atoms with Crippen LogP contribution in [0.15, 0.2) is 35.5 Å². The van der Waals surface area contributed by atoms with Gasteiger partial charge in [-0.2, -0.15) is 13.2 Å². The molecule has 5 rings (SSSR count). The molecule has 0 aliphatic heterocycles. The average Bonchev–Trinajstić information content (AvgIpc) is 3.46. The van der Waals surface area contributed by atoms with E-state index in [1.54, 1.807) is 12.1 Å². The van der Waals surface area contributed by atoms with Crippen molar-refractivity contribution in [2.45, 2.75) is 56.3 Å². The maximum atomic E-state index is 13.5. The van der Waals surface area contributed by atoms with E-state index < -0.39 is 17.8 Å². The van der Waals surface area contributed by atoms with Gasteiger partial charge in [0.2, 0.25) is 5.91 Å². The Morgan fingerprint density at radius 1 is 0.944 bits per heavy atom. The number of anilines is 2. The third-order valence-electron chi connectivity index (χ3n) is 6.20. The number of hydrogen-bond donors (Lipinski definition) is 2. The van der Waals surface area contributed by atoms with Crippen LogP contribution in [0, 0.1) is 0 Å². The summed E-state index contributed by atoms with van der Waals surface area (Å²) in [5.74, 6) is -0.886. The number of aromatic nitrogens is 2. The van der Waals surface area contributed by atoms with Crippen LogP contribution in [-0.2, 0) is 36.7 Å². The highest BCUT2D eigenvalue weighted by atomic mass is 32.2. The largest absolute Gasteiger partial charge is 0.433 e. The quantitative estimate of drug-likeness (QED) is 0.305. The number of carbonyl (C=O) groups is 2. The molecule has 11 heteroatoms. The summed E-state index contributed by atoms with van der Waals surface area (Å²) in [5.41, 5.74) is 1.74. The normalized spacial score (nSPS) is 14.8. The Morgan fingerprint density at radius 2 is 1.69 bits per heavy atom. The first-order chi connectivity index (χ1) is 17.3. The second-order valence-electron chi connectivity index (χ2n) is 8.70. The number of thioether (sulfide) groups is 1. The topological polar surface area (TPSA) is 84.0 Å². The zero-order chi connectivity index (χ0) is 25.3. The van der Waals surface area contributed by atoms with Gasteiger partial charge in [0.1, 0.15) is 5.00 Å². The number of amides is 2. The molecule has 0 spiro atoms. The first kappa shape index (κ1) is 24.8. The molecule has 2 N–H and O–H groups in total. The number of fused-ring (bicyclic) bond motifs is 2. The fourth-order valence-electron chi connectivity index (χ4n) is 4.61. The average molecular weight is 533 g/mol. The molecule has 36 heavy (non-hydrogen) atoms. The molecule has 0 atom stereocenters. The fraction of sp³-hybridized carbons (Fsp3) is 0.360. The Hall–Kier alpha value is -2.92. The second-order valence-corrected chi connectivity index (χ2v) is 10.8. The first-order valence-corrected chi connectivity index (χ1v) is 13.5. The predicted octanol–water partition coefficient (Wildman–Crippen LogP) is 5.91. The molecule has 1 aromatic carbocycles. The number of thiophene rings is 1. The van der Waals surface area contributed by atoms with E-state index in [1.807, 2.05) is 18.2 Å². The molecule has 2 aromatic heterocycles. The van der Waals surface area contributed by atoms with Gasteiger partial charge < -0.3 is 10.6 Å². The number of nitrogens with one attached hydrogen (secondary N) is 2. The summed E-state index contributed by atoms with van der Waals surface area (Å²) < 4.78 is 40.4. The lowest BCUT2D eigenvalue weighted by atomic mass is 9.95. The number of rotatable bonds is 6. The lowest BCUT2D eigenvalue weighted by Crippen LogP contribution is -2.20. The molecule has 0 unspecified atom stereocenters. The molecule has 2 aliphatic rings. The van der Waals surface area contributed by atoms with Crippen molar-refractivity contribution in [1.29, 1.82) is 0 Å². The highest BCUT2D eigenvalue weighted by Crippen LogP contribution is 2.39. The zero-order valence-electron chi connectivity index (χ0n) is 19.2. The van der Waals surface area contributed by atoms with Gasteiger partial charge in [0.25, 0.3) is 5.91 Å². The lowest BCUT2D eigenvalue weighted by Gasteiger charge is -2.13. The number of alkyl halides is 3. The van der Waals surface area contributed by atoms with Gasteiger partial charge in [-0.25, -0.2) is 9.97 Å². The van der Waals surface area contributed by atoms with Crippen molar-refractivity contribution in [2.24, 2.45) is 0 Å². The maximum absolute atomic E-state index is 13.5. The van der Waals surface area contributed by atoms with Gasteiger partial charge in [0.15, 0.2) is 10.9 Å². The van der Waals surface area contributed by atoms with Crippen LogP contribution in [0.4, 0.5) is 23.9 Å². The van der Waals surface area contributed by atoms with Crippen molar-refractivity contribution in [3.63, 3.8) is 0 Å². The number of carbonyl (C=O) groups excluding carboxylic acids is 2. The molecule has 0 saturated heterocycles. The van der Waals surface area contributed by atoms with E-state index in [1.165, 1.54) is 11.3 Å². The smallest absolute Gasteiger partial charge is 0.322 e. The van der Waals surface area contributed by atoms with Gasteiger partial charge in [0.05, 0.1) is 11.3 Å². The van der Waals surface area contributed by atoms with Crippen LogP contribution in [-0.4, -0.2) is 27.5 Å². The van der Waals surface area contributed by atoms with Crippen LogP contribution in [0.2, 0.25) is 0 Å². The molecule has 0 saturated carbocycles. The number of nitrogens with zero attached hydrogens (tertiary/aromatic N) is 2. The van der Waals surface area contributed by atoms with Gasteiger partial charge in [0, 0.05) is 21.8 Å². The van der Waals surface area contributed by atoms with Crippen LogP contribution in [0.3, 0.4) is 0 Å². The van der Waals surface area contributed by atoms with Crippen molar-refractivity contribution in [1.82, 2.24) is 9.97 Å². The predicted molar refractivity (Wildman–Crippen MR) is 134 cm³/mol. The number of hydrogen-bond acceptors (Lipinski definition) is 6. The number of halogens is 3. The second kappa shape index (κ2) is 10.2. The van der Waals surface area contributed by atoms with Gasteiger partial charge in [-0.15, -0.1) is 11.3 Å². The number of aryl methyl sites for hydroxylation is 2. The standard InChI is InChI=1S/C25H23F3N4O2S2/c26-25(27,28)21-15-10-6-11-17(15)30-24(32-21)35-13-19(33)31-23-20(16-9-4-5-12-18(16)36-23)22(34)29-14-7-2-1-3-8-14/h1-3,7-8H,4-6,9-13H2,(H,29,34)(H,31,33). The van der Waals surface area contributed by atoms with Crippen LogP contribution < -0.4 is 10.6 Å². The van der Waals surface area contributed by atoms with Gasteiger partial charge in [-0.3, -0.25) is 9.59 Å². The van der Waals surface area contributed by atoms with Gasteiger partial charge in [-0.1, -0.05) is 30.0 Å². The summed E-state index contributed by atoms with van der Waals surface area (Å²) in [4.78, 5) is 35.1. The maximum Gasteiger partial charge on any atom is 0.433 e. The molecule has 188 valence electrons. The van der Waals surface area contributed by atoms with E-state index in [2.05, 4.69) is 20.6 Å². The summed E-state index contributed by atoms with van der Waals surface area (Å²) in [6.07, 6.45) is 0.429. The lowest BCUT2D eigenvalue weighted by molar-refractivity contribution is -0.142. The Kier molecular flexibility index (Phi) is 7.03. The third-order valence-corrected chi connectivity index (χ3v) is 8.25. The van der Waals surface area contributed by atoms with Crippen LogP contribution >= 0.6 is 23.1 Å². The summed E-state index contributed by atoms with van der Waals surface area (Å²) in [7, 11) is 0. The van der Waals surface area contributed by atoms with Crippen molar-refractivity contribution >= 4 is 45.6 Å². The minimum absolute atomic E-state index is 0.0642. The molecule has 3 aromatic rings. The highest BCUT2D eigenvalue weighted by Gasteiger charge is 2.38. The minimum Gasteiger partial charge on any atom is -0.322 e. The van der Waals surface area contributed by atoms with E-state index in [9.17, 15) is 22.8 Å². The van der Waals surface area contributed by atoms with E-state index in [0.717, 1.165) is 47.9 Å².